The average molecular weight is 442 g/mol. The molecule has 3 aromatic carbocycles. The van der Waals surface area contributed by atoms with Crippen molar-refractivity contribution in [3.63, 3.8) is 0 Å². The highest BCUT2D eigenvalue weighted by Gasteiger charge is 2.09. The molecule has 0 aliphatic heterocycles. The minimum atomic E-state index is -0.638. The molecule has 0 aromatic heterocycles. The minimum absolute atomic E-state index is 0.00993. The van der Waals surface area contributed by atoms with Crippen LogP contribution in [0.2, 0.25) is 0 Å². The van der Waals surface area contributed by atoms with Gasteiger partial charge < -0.3 is 18.9 Å². The second-order valence-corrected chi connectivity index (χ2v) is 6.58. The number of carbonyl (C=O) groups is 2. The SMILES string of the molecule is O=C(COc1ccccc1F)OCc1ccc(COC(=O)COc2ccccc2F)cc1. The Morgan fingerprint density at radius 1 is 0.594 bits per heavy atom. The summed E-state index contributed by atoms with van der Waals surface area (Å²) in [5.74, 6) is -2.45. The van der Waals surface area contributed by atoms with E-state index in [2.05, 4.69) is 0 Å². The number of hydrogen-bond acceptors (Lipinski definition) is 6. The van der Waals surface area contributed by atoms with Crippen LogP contribution in [-0.2, 0) is 32.3 Å². The maximum atomic E-state index is 13.4. The van der Waals surface area contributed by atoms with Crippen LogP contribution in [0.4, 0.5) is 8.78 Å². The van der Waals surface area contributed by atoms with Gasteiger partial charge in [0.1, 0.15) is 13.2 Å². The summed E-state index contributed by atoms with van der Waals surface area (Å²) in [5.41, 5.74) is 1.42. The predicted octanol–water partition coefficient (Wildman–Crippen LogP) is 4.21. The lowest BCUT2D eigenvalue weighted by Crippen LogP contribution is -2.15. The van der Waals surface area contributed by atoms with Crippen LogP contribution in [0.5, 0.6) is 11.5 Å². The highest BCUT2D eigenvalue weighted by molar-refractivity contribution is 5.71. The summed E-state index contributed by atoms with van der Waals surface area (Å²) in [5, 5.41) is 0. The lowest BCUT2D eigenvalue weighted by Gasteiger charge is -2.09. The van der Waals surface area contributed by atoms with Crippen LogP contribution >= 0.6 is 0 Å². The van der Waals surface area contributed by atoms with E-state index >= 15 is 0 Å². The zero-order valence-electron chi connectivity index (χ0n) is 17.0. The van der Waals surface area contributed by atoms with E-state index in [1.807, 2.05) is 0 Å². The highest BCUT2D eigenvalue weighted by Crippen LogP contribution is 2.16. The van der Waals surface area contributed by atoms with E-state index in [-0.39, 0.29) is 24.7 Å². The first-order chi connectivity index (χ1) is 15.5. The molecule has 0 saturated heterocycles. The number of para-hydroxylation sites is 2. The number of ether oxygens (including phenoxy) is 4. The van der Waals surface area contributed by atoms with Gasteiger partial charge in [-0.25, -0.2) is 18.4 Å². The fourth-order valence-corrected chi connectivity index (χ4v) is 2.54. The molecule has 0 N–H and O–H groups in total. The Labute approximate surface area is 183 Å². The van der Waals surface area contributed by atoms with Gasteiger partial charge in [-0.2, -0.15) is 0 Å². The van der Waals surface area contributed by atoms with Crippen molar-refractivity contribution in [3.8, 4) is 11.5 Å². The molecule has 3 aromatic rings. The zero-order valence-corrected chi connectivity index (χ0v) is 17.0. The molecular formula is C24H20F2O6. The molecule has 0 heterocycles. The topological polar surface area (TPSA) is 71.1 Å². The molecule has 0 radical (unpaired) electrons. The Kier molecular flexibility index (Phi) is 8.14. The first kappa shape index (κ1) is 22.7. The smallest absolute Gasteiger partial charge is 0.344 e. The molecule has 32 heavy (non-hydrogen) atoms. The van der Waals surface area contributed by atoms with Crippen LogP contribution in [0.15, 0.2) is 72.8 Å². The predicted molar refractivity (Wildman–Crippen MR) is 110 cm³/mol. The number of esters is 2. The molecule has 0 bridgehead atoms. The summed E-state index contributed by atoms with van der Waals surface area (Å²) in [6, 6.07) is 18.4. The van der Waals surface area contributed by atoms with Gasteiger partial charge in [0.15, 0.2) is 36.3 Å². The Bertz CT molecular complexity index is 968. The monoisotopic (exact) mass is 442 g/mol. The summed E-state index contributed by atoms with van der Waals surface area (Å²) >= 11 is 0. The number of rotatable bonds is 10. The molecule has 8 heteroatoms. The van der Waals surface area contributed by atoms with Gasteiger partial charge in [-0.3, -0.25) is 0 Å². The Balaban J connectivity index is 1.36. The Morgan fingerprint density at radius 3 is 1.34 bits per heavy atom. The number of benzene rings is 3. The van der Waals surface area contributed by atoms with Gasteiger partial charge in [0.2, 0.25) is 0 Å². The molecule has 0 saturated carbocycles. The van der Waals surface area contributed by atoms with Crippen molar-refractivity contribution in [1.82, 2.24) is 0 Å². The zero-order chi connectivity index (χ0) is 22.8. The molecule has 6 nitrogen and oxygen atoms in total. The second-order valence-electron chi connectivity index (χ2n) is 6.58. The summed E-state index contributed by atoms with van der Waals surface area (Å²) < 4.78 is 47.3. The van der Waals surface area contributed by atoms with Crippen LogP contribution in [0.25, 0.3) is 0 Å². The maximum absolute atomic E-state index is 13.4. The number of carbonyl (C=O) groups excluding carboxylic acids is 2. The molecule has 3 rings (SSSR count). The van der Waals surface area contributed by atoms with E-state index < -0.39 is 36.8 Å². The van der Waals surface area contributed by atoms with Gasteiger partial charge in [0, 0.05) is 0 Å². The van der Waals surface area contributed by atoms with Crippen LogP contribution in [0, 0.1) is 11.6 Å². The Morgan fingerprint density at radius 2 is 0.969 bits per heavy atom. The third kappa shape index (κ3) is 7.09. The van der Waals surface area contributed by atoms with Crippen LogP contribution in [-0.4, -0.2) is 25.2 Å². The standard InChI is InChI=1S/C24H20F2O6/c25-19-5-1-3-7-21(19)29-15-23(27)31-13-17-9-11-18(12-10-17)14-32-24(28)16-30-22-8-4-2-6-20(22)26/h1-12H,13-16H2. The van der Waals surface area contributed by atoms with Crippen molar-refractivity contribution in [2.45, 2.75) is 13.2 Å². The molecule has 0 atom stereocenters. The van der Waals surface area contributed by atoms with Crippen molar-refractivity contribution < 1.29 is 37.3 Å². The van der Waals surface area contributed by atoms with E-state index in [9.17, 15) is 18.4 Å². The van der Waals surface area contributed by atoms with Gasteiger partial charge in [0.05, 0.1) is 0 Å². The third-order valence-corrected chi connectivity index (χ3v) is 4.19. The largest absolute Gasteiger partial charge is 0.479 e. The highest BCUT2D eigenvalue weighted by atomic mass is 19.1. The molecule has 0 spiro atoms. The molecule has 0 fully saturated rings. The van der Waals surface area contributed by atoms with Crippen LogP contribution < -0.4 is 9.47 Å². The van der Waals surface area contributed by atoms with E-state index in [1.165, 1.54) is 36.4 Å². The quantitative estimate of drug-likeness (QED) is 0.438. The summed E-state index contributed by atoms with van der Waals surface area (Å²) in [6.45, 7) is -0.806. The summed E-state index contributed by atoms with van der Waals surface area (Å²) in [6.07, 6.45) is 0. The molecule has 0 aliphatic carbocycles. The summed E-state index contributed by atoms with van der Waals surface area (Å²) in [7, 11) is 0. The van der Waals surface area contributed by atoms with Gasteiger partial charge in [0.25, 0.3) is 0 Å². The summed E-state index contributed by atoms with van der Waals surface area (Å²) in [4.78, 5) is 23.5. The van der Waals surface area contributed by atoms with Crippen LogP contribution in [0.1, 0.15) is 11.1 Å². The molecule has 0 amide bonds. The Hall–Kier alpha value is -3.94. The van der Waals surface area contributed by atoms with Gasteiger partial charge in [-0.1, -0.05) is 48.5 Å². The van der Waals surface area contributed by atoms with Crippen molar-refractivity contribution in [1.29, 1.82) is 0 Å². The molecular weight excluding hydrogens is 422 g/mol. The van der Waals surface area contributed by atoms with Crippen molar-refractivity contribution in [2.75, 3.05) is 13.2 Å². The maximum Gasteiger partial charge on any atom is 0.344 e. The normalized spacial score (nSPS) is 10.3. The molecule has 166 valence electrons. The fourth-order valence-electron chi connectivity index (χ4n) is 2.54. The van der Waals surface area contributed by atoms with Gasteiger partial charge >= 0.3 is 11.9 Å². The second kappa shape index (κ2) is 11.5. The average Bonchev–Trinajstić information content (AvgIpc) is 2.81. The van der Waals surface area contributed by atoms with E-state index in [1.54, 1.807) is 36.4 Å². The first-order valence-electron chi connectivity index (χ1n) is 9.65. The molecule has 0 unspecified atom stereocenters. The van der Waals surface area contributed by atoms with E-state index in [0.29, 0.717) is 11.1 Å². The third-order valence-electron chi connectivity index (χ3n) is 4.19. The number of hydrogen-bond donors (Lipinski definition) is 0. The first-order valence-corrected chi connectivity index (χ1v) is 9.65. The van der Waals surface area contributed by atoms with Gasteiger partial charge in [-0.05, 0) is 35.4 Å². The van der Waals surface area contributed by atoms with Gasteiger partial charge in [-0.15, -0.1) is 0 Å². The van der Waals surface area contributed by atoms with Crippen LogP contribution in [0.3, 0.4) is 0 Å². The number of halogens is 2. The minimum Gasteiger partial charge on any atom is -0.479 e. The van der Waals surface area contributed by atoms with Crippen molar-refractivity contribution in [2.24, 2.45) is 0 Å². The fraction of sp³-hybridized carbons (Fsp3) is 0.167. The molecule has 0 aliphatic rings. The van der Waals surface area contributed by atoms with E-state index in [4.69, 9.17) is 18.9 Å². The lowest BCUT2D eigenvalue weighted by atomic mass is 10.1. The van der Waals surface area contributed by atoms with E-state index in [0.717, 1.165) is 0 Å². The lowest BCUT2D eigenvalue weighted by molar-refractivity contribution is -0.148. The van der Waals surface area contributed by atoms with Crippen molar-refractivity contribution >= 4 is 11.9 Å². The van der Waals surface area contributed by atoms with Crippen molar-refractivity contribution in [3.05, 3.63) is 95.6 Å².